The molecule has 2 aliphatic heterocycles. The van der Waals surface area contributed by atoms with E-state index in [9.17, 15) is 14.7 Å². The number of nitrogens with zero attached hydrogens (tertiary/aromatic N) is 3. The lowest BCUT2D eigenvalue weighted by Gasteiger charge is -2.30. The van der Waals surface area contributed by atoms with E-state index in [1.54, 1.807) is 18.3 Å². The molecular formula is C22H21N3O4S. The van der Waals surface area contributed by atoms with E-state index in [2.05, 4.69) is 4.98 Å². The van der Waals surface area contributed by atoms with Crippen LogP contribution in [-0.4, -0.2) is 53.0 Å². The number of amides is 1. The van der Waals surface area contributed by atoms with Crippen LogP contribution in [0, 0.1) is 0 Å². The van der Waals surface area contributed by atoms with Crippen molar-refractivity contribution in [2.24, 2.45) is 0 Å². The molecule has 5 rings (SSSR count). The molecule has 30 heavy (non-hydrogen) atoms. The highest BCUT2D eigenvalue weighted by Gasteiger charge is 2.38. The van der Waals surface area contributed by atoms with Crippen LogP contribution < -0.4 is 9.64 Å². The third-order valence-electron chi connectivity index (χ3n) is 6.03. The van der Waals surface area contributed by atoms with Gasteiger partial charge in [-0.05, 0) is 31.0 Å². The fourth-order valence-corrected chi connectivity index (χ4v) is 5.13. The van der Waals surface area contributed by atoms with Gasteiger partial charge in [0.1, 0.15) is 17.4 Å². The average Bonchev–Trinajstić information content (AvgIpc) is 3.21. The number of likely N-dealkylation sites (N-methyl/N-ethyl adjacent to an activating group) is 1. The minimum Gasteiger partial charge on any atom is -0.481 e. The average molecular weight is 423 g/mol. The van der Waals surface area contributed by atoms with Gasteiger partial charge in [-0.2, -0.15) is 0 Å². The molecular weight excluding hydrogens is 402 g/mol. The molecule has 3 aromatic rings. The molecule has 8 heteroatoms. The number of hydrogen-bond acceptors (Lipinski definition) is 6. The van der Waals surface area contributed by atoms with Gasteiger partial charge in [-0.1, -0.05) is 6.07 Å². The first-order valence-corrected chi connectivity index (χ1v) is 10.7. The van der Waals surface area contributed by atoms with Crippen molar-refractivity contribution >= 4 is 39.1 Å². The Morgan fingerprint density at radius 1 is 1.23 bits per heavy atom. The summed E-state index contributed by atoms with van der Waals surface area (Å²) in [5.41, 5.74) is 2.39. The number of ether oxygens (including phenoxy) is 1. The molecule has 154 valence electrons. The van der Waals surface area contributed by atoms with Crippen LogP contribution in [0.15, 0.2) is 36.5 Å². The van der Waals surface area contributed by atoms with E-state index < -0.39 is 11.9 Å². The van der Waals surface area contributed by atoms with E-state index >= 15 is 0 Å². The van der Waals surface area contributed by atoms with Gasteiger partial charge in [0.05, 0.1) is 15.1 Å². The quantitative estimate of drug-likeness (QED) is 0.684. The molecule has 1 fully saturated rings. The molecule has 0 aliphatic carbocycles. The Labute approximate surface area is 177 Å². The Kier molecular flexibility index (Phi) is 4.39. The summed E-state index contributed by atoms with van der Waals surface area (Å²) in [5, 5.41) is 9.58. The standard InChI is InChI=1S/C22H21N3O4S/c1-12-19(22(27)28)14-5-4-13(10-16(14)24(12)2)29-17-6-7-23-15-11-18(30-20(15)17)21(26)25-8-3-9-25/h4-7,10-12,19H,3,8-9H2,1-2H3,(H,27,28). The highest BCUT2D eigenvalue weighted by Crippen LogP contribution is 2.43. The number of aromatic nitrogens is 1. The molecule has 2 aliphatic rings. The summed E-state index contributed by atoms with van der Waals surface area (Å²) < 4.78 is 6.99. The van der Waals surface area contributed by atoms with Gasteiger partial charge in [-0.25, -0.2) is 0 Å². The Hall–Kier alpha value is -3.13. The number of hydrogen-bond donors (Lipinski definition) is 1. The van der Waals surface area contributed by atoms with Gasteiger partial charge in [0.15, 0.2) is 0 Å². The fourth-order valence-electron chi connectivity index (χ4n) is 4.10. The van der Waals surface area contributed by atoms with E-state index in [0.717, 1.165) is 41.0 Å². The number of benzene rings is 1. The number of likely N-dealkylation sites (tertiary alicyclic amines) is 1. The van der Waals surface area contributed by atoms with Gasteiger partial charge in [0.2, 0.25) is 0 Å². The summed E-state index contributed by atoms with van der Waals surface area (Å²) >= 11 is 1.39. The monoisotopic (exact) mass is 423 g/mol. The van der Waals surface area contributed by atoms with Gasteiger partial charge in [0.25, 0.3) is 5.91 Å². The Morgan fingerprint density at radius 3 is 2.73 bits per heavy atom. The minimum atomic E-state index is -0.824. The largest absolute Gasteiger partial charge is 0.481 e. The summed E-state index contributed by atoms with van der Waals surface area (Å²) in [6.07, 6.45) is 2.72. The normalized spacial score (nSPS) is 20.2. The maximum atomic E-state index is 12.6. The fraction of sp³-hybridized carbons (Fsp3) is 0.318. The van der Waals surface area contributed by atoms with Crippen LogP contribution in [0.3, 0.4) is 0 Å². The van der Waals surface area contributed by atoms with Crippen molar-refractivity contribution in [3.63, 3.8) is 0 Å². The van der Waals surface area contributed by atoms with E-state index in [4.69, 9.17) is 4.74 Å². The van der Waals surface area contributed by atoms with E-state index in [1.807, 2.05) is 42.0 Å². The summed E-state index contributed by atoms with van der Waals surface area (Å²) in [6, 6.07) is 8.98. The zero-order valence-electron chi connectivity index (χ0n) is 16.7. The van der Waals surface area contributed by atoms with Crippen molar-refractivity contribution in [1.29, 1.82) is 0 Å². The van der Waals surface area contributed by atoms with Crippen molar-refractivity contribution in [2.45, 2.75) is 25.3 Å². The molecule has 2 unspecified atom stereocenters. The lowest BCUT2D eigenvalue weighted by atomic mass is 9.96. The molecule has 1 amide bonds. The third kappa shape index (κ3) is 2.90. The van der Waals surface area contributed by atoms with Crippen LogP contribution in [0.1, 0.15) is 34.5 Å². The van der Waals surface area contributed by atoms with Crippen molar-refractivity contribution in [1.82, 2.24) is 9.88 Å². The molecule has 1 N–H and O–H groups in total. The van der Waals surface area contributed by atoms with Crippen LogP contribution >= 0.6 is 11.3 Å². The van der Waals surface area contributed by atoms with Crippen LogP contribution in [0.2, 0.25) is 0 Å². The van der Waals surface area contributed by atoms with Crippen LogP contribution in [0.25, 0.3) is 10.2 Å². The number of thiophene rings is 1. The second-order valence-electron chi connectivity index (χ2n) is 7.77. The molecule has 1 saturated heterocycles. The topological polar surface area (TPSA) is 83.0 Å². The number of pyridine rings is 1. The molecule has 7 nitrogen and oxygen atoms in total. The van der Waals surface area contributed by atoms with Gasteiger partial charge in [-0.15, -0.1) is 11.3 Å². The van der Waals surface area contributed by atoms with Gasteiger partial charge < -0.3 is 19.6 Å². The summed E-state index contributed by atoms with van der Waals surface area (Å²) in [6.45, 7) is 3.53. The predicted octanol–water partition coefficient (Wildman–Crippen LogP) is 3.94. The first-order valence-electron chi connectivity index (χ1n) is 9.89. The molecule has 0 bridgehead atoms. The molecule has 2 atom stereocenters. The van der Waals surface area contributed by atoms with E-state index in [0.29, 0.717) is 16.4 Å². The number of rotatable bonds is 4. The Morgan fingerprint density at radius 2 is 2.03 bits per heavy atom. The number of fused-ring (bicyclic) bond motifs is 2. The predicted molar refractivity (Wildman–Crippen MR) is 115 cm³/mol. The maximum absolute atomic E-state index is 12.6. The number of aliphatic carboxylic acids is 1. The summed E-state index contributed by atoms with van der Waals surface area (Å²) in [5.74, 6) is -0.0795. The van der Waals surface area contributed by atoms with Crippen LogP contribution in [-0.2, 0) is 4.79 Å². The first-order chi connectivity index (χ1) is 14.4. The Balaban J connectivity index is 1.47. The van der Waals surface area contributed by atoms with Gasteiger partial charge in [0, 0.05) is 50.2 Å². The molecule has 0 radical (unpaired) electrons. The molecule has 4 heterocycles. The molecule has 0 saturated carbocycles. The number of anilines is 1. The zero-order valence-corrected chi connectivity index (χ0v) is 17.5. The molecule has 1 aromatic carbocycles. The number of carboxylic acid groups (broad SMARTS) is 1. The van der Waals surface area contributed by atoms with Crippen molar-refractivity contribution in [3.8, 4) is 11.5 Å². The second-order valence-corrected chi connectivity index (χ2v) is 8.82. The van der Waals surface area contributed by atoms with Crippen molar-refractivity contribution in [2.75, 3.05) is 25.0 Å². The maximum Gasteiger partial charge on any atom is 0.313 e. The lowest BCUT2D eigenvalue weighted by molar-refractivity contribution is -0.139. The van der Waals surface area contributed by atoms with Crippen molar-refractivity contribution in [3.05, 3.63) is 47.0 Å². The number of carbonyl (C=O) groups is 2. The highest BCUT2D eigenvalue weighted by atomic mass is 32.1. The van der Waals surface area contributed by atoms with E-state index in [-0.39, 0.29) is 11.9 Å². The van der Waals surface area contributed by atoms with Crippen molar-refractivity contribution < 1.29 is 19.4 Å². The van der Waals surface area contributed by atoms with E-state index in [1.165, 1.54) is 11.3 Å². The third-order valence-corrected chi connectivity index (χ3v) is 7.16. The molecule has 0 spiro atoms. The number of carboxylic acids is 1. The van der Waals surface area contributed by atoms with Gasteiger partial charge >= 0.3 is 5.97 Å². The summed E-state index contributed by atoms with van der Waals surface area (Å²) in [4.78, 5) is 33.1. The lowest BCUT2D eigenvalue weighted by Crippen LogP contribution is -2.41. The van der Waals surface area contributed by atoms with Crippen LogP contribution in [0.5, 0.6) is 11.5 Å². The zero-order chi connectivity index (χ0) is 21.0. The smallest absolute Gasteiger partial charge is 0.313 e. The number of carbonyl (C=O) groups excluding carboxylic acids is 1. The van der Waals surface area contributed by atoms with Gasteiger partial charge in [-0.3, -0.25) is 14.6 Å². The van der Waals surface area contributed by atoms with Crippen LogP contribution in [0.4, 0.5) is 5.69 Å². The Bertz CT molecular complexity index is 1170. The minimum absolute atomic E-state index is 0.0445. The molecule has 2 aromatic heterocycles. The first kappa shape index (κ1) is 18.9. The summed E-state index contributed by atoms with van der Waals surface area (Å²) in [7, 11) is 1.90. The SMILES string of the molecule is CC1C(C(=O)O)c2ccc(Oc3ccnc4cc(C(=O)N5CCC5)sc34)cc2N1C. The second kappa shape index (κ2) is 6.98. The highest BCUT2D eigenvalue weighted by molar-refractivity contribution is 7.21.